The number of hydrogen-bond acceptors (Lipinski definition) is 4. The Morgan fingerprint density at radius 1 is 1.47 bits per heavy atom. The summed E-state index contributed by atoms with van der Waals surface area (Å²) in [6, 6.07) is 4.25. The van der Waals surface area contributed by atoms with Crippen LogP contribution in [0.5, 0.6) is 0 Å². The molecular weight excluding hydrogens is 264 g/mol. The van der Waals surface area contributed by atoms with E-state index in [9.17, 15) is 8.42 Å². The Bertz CT molecular complexity index is 490. The molecule has 0 radical (unpaired) electrons. The molecule has 0 aliphatic carbocycles. The van der Waals surface area contributed by atoms with E-state index in [4.69, 9.17) is 22.2 Å². The van der Waals surface area contributed by atoms with Crippen LogP contribution in [0.15, 0.2) is 23.1 Å². The number of sulfonamides is 1. The van der Waals surface area contributed by atoms with E-state index in [0.29, 0.717) is 12.1 Å². The van der Waals surface area contributed by atoms with E-state index in [1.807, 2.05) is 6.92 Å². The van der Waals surface area contributed by atoms with Gasteiger partial charge in [-0.25, -0.2) is 8.42 Å². The van der Waals surface area contributed by atoms with Crippen LogP contribution in [0.1, 0.15) is 13.3 Å². The van der Waals surface area contributed by atoms with E-state index in [-0.39, 0.29) is 16.5 Å². The third kappa shape index (κ3) is 3.10. The highest BCUT2D eigenvalue weighted by Crippen LogP contribution is 2.26. The number of anilines is 1. The minimum atomic E-state index is -3.74. The fraction of sp³-hybridized carbons (Fsp3) is 0.400. The van der Waals surface area contributed by atoms with Gasteiger partial charge in [0.25, 0.3) is 10.0 Å². The quantitative estimate of drug-likeness (QED) is 0.659. The normalized spacial score (nSPS) is 12.0. The SMILES string of the molecule is CCCN(OC)S(=O)(=O)c1ccc(N)cc1Cl. The van der Waals surface area contributed by atoms with Crippen molar-refractivity contribution in [1.29, 1.82) is 0 Å². The van der Waals surface area contributed by atoms with E-state index in [1.54, 1.807) is 0 Å². The molecule has 0 saturated carbocycles. The molecule has 0 aliphatic heterocycles. The summed E-state index contributed by atoms with van der Waals surface area (Å²) in [6.45, 7) is 2.12. The summed E-state index contributed by atoms with van der Waals surface area (Å²) < 4.78 is 25.2. The summed E-state index contributed by atoms with van der Waals surface area (Å²) in [5.41, 5.74) is 5.92. The zero-order chi connectivity index (χ0) is 13.1. The molecule has 2 N–H and O–H groups in total. The van der Waals surface area contributed by atoms with Crippen molar-refractivity contribution in [3.8, 4) is 0 Å². The van der Waals surface area contributed by atoms with E-state index >= 15 is 0 Å². The van der Waals surface area contributed by atoms with Crippen LogP contribution in [0, 0.1) is 0 Å². The van der Waals surface area contributed by atoms with Crippen molar-refractivity contribution in [2.75, 3.05) is 19.4 Å². The number of halogens is 1. The lowest BCUT2D eigenvalue weighted by Gasteiger charge is -2.19. The van der Waals surface area contributed by atoms with Crippen molar-refractivity contribution < 1.29 is 13.3 Å². The largest absolute Gasteiger partial charge is 0.399 e. The molecule has 1 rings (SSSR count). The molecular formula is C10H15ClN2O3S. The summed E-state index contributed by atoms with van der Waals surface area (Å²) in [4.78, 5) is 4.84. The zero-order valence-electron chi connectivity index (χ0n) is 9.68. The maximum absolute atomic E-state index is 12.2. The molecule has 0 aliphatic rings. The van der Waals surface area contributed by atoms with Crippen LogP contribution in [0.4, 0.5) is 5.69 Å². The second-order valence-electron chi connectivity index (χ2n) is 3.40. The van der Waals surface area contributed by atoms with E-state index < -0.39 is 10.0 Å². The lowest BCUT2D eigenvalue weighted by Crippen LogP contribution is -2.31. The van der Waals surface area contributed by atoms with Crippen molar-refractivity contribution in [1.82, 2.24) is 4.47 Å². The maximum Gasteiger partial charge on any atom is 0.266 e. The topological polar surface area (TPSA) is 72.6 Å². The molecule has 0 fully saturated rings. The minimum absolute atomic E-state index is 0.0105. The molecule has 0 bridgehead atoms. The summed E-state index contributed by atoms with van der Waals surface area (Å²) >= 11 is 5.87. The van der Waals surface area contributed by atoms with Crippen molar-refractivity contribution in [3.05, 3.63) is 23.2 Å². The van der Waals surface area contributed by atoms with Crippen LogP contribution in [0.25, 0.3) is 0 Å². The summed E-state index contributed by atoms with van der Waals surface area (Å²) in [5.74, 6) is 0. The second-order valence-corrected chi connectivity index (χ2v) is 5.61. The van der Waals surface area contributed by atoms with Gasteiger partial charge in [0.05, 0.1) is 12.1 Å². The average Bonchev–Trinajstić information content (AvgIpc) is 2.24. The molecule has 0 atom stereocenters. The molecule has 1 aromatic carbocycles. The number of benzene rings is 1. The van der Waals surface area contributed by atoms with Crippen LogP contribution in [-0.4, -0.2) is 26.5 Å². The Morgan fingerprint density at radius 3 is 2.59 bits per heavy atom. The van der Waals surface area contributed by atoms with E-state index in [2.05, 4.69) is 0 Å². The van der Waals surface area contributed by atoms with Crippen molar-refractivity contribution in [2.24, 2.45) is 0 Å². The van der Waals surface area contributed by atoms with Crippen LogP contribution < -0.4 is 5.73 Å². The first kappa shape index (κ1) is 14.2. The van der Waals surface area contributed by atoms with Crippen LogP contribution in [0.3, 0.4) is 0 Å². The number of nitrogens with two attached hydrogens (primary N) is 1. The van der Waals surface area contributed by atoms with Gasteiger partial charge < -0.3 is 5.73 Å². The highest BCUT2D eigenvalue weighted by atomic mass is 35.5. The molecule has 5 nitrogen and oxygen atoms in total. The number of nitrogens with zero attached hydrogens (tertiary/aromatic N) is 1. The molecule has 1 aromatic rings. The Kier molecular flexibility index (Phi) is 4.76. The molecule has 0 unspecified atom stereocenters. The van der Waals surface area contributed by atoms with Gasteiger partial charge in [-0.1, -0.05) is 23.0 Å². The van der Waals surface area contributed by atoms with Gasteiger partial charge in [0.2, 0.25) is 0 Å². The molecule has 0 saturated heterocycles. The van der Waals surface area contributed by atoms with Gasteiger partial charge >= 0.3 is 0 Å². The average molecular weight is 279 g/mol. The zero-order valence-corrected chi connectivity index (χ0v) is 11.3. The van der Waals surface area contributed by atoms with E-state index in [1.165, 1.54) is 25.3 Å². The second kappa shape index (κ2) is 5.68. The van der Waals surface area contributed by atoms with Gasteiger partial charge in [0.1, 0.15) is 4.90 Å². The predicted octanol–water partition coefficient (Wildman–Crippen LogP) is 1.88. The third-order valence-electron chi connectivity index (χ3n) is 2.11. The fourth-order valence-electron chi connectivity index (χ4n) is 1.33. The first-order chi connectivity index (χ1) is 7.93. The van der Waals surface area contributed by atoms with Gasteiger partial charge in [-0.3, -0.25) is 4.84 Å². The van der Waals surface area contributed by atoms with Crippen LogP contribution >= 0.6 is 11.6 Å². The highest BCUT2D eigenvalue weighted by molar-refractivity contribution is 7.89. The molecule has 96 valence electrons. The monoisotopic (exact) mass is 278 g/mol. The van der Waals surface area contributed by atoms with E-state index in [0.717, 1.165) is 4.47 Å². The van der Waals surface area contributed by atoms with Gasteiger partial charge in [0.15, 0.2) is 0 Å². The molecule has 17 heavy (non-hydrogen) atoms. The standard InChI is InChI=1S/C10H15ClN2O3S/c1-3-6-13(16-2)17(14,15)10-5-4-8(12)7-9(10)11/h4-5,7H,3,6,12H2,1-2H3. The predicted molar refractivity (Wildman–Crippen MR) is 67.1 cm³/mol. The first-order valence-corrected chi connectivity index (χ1v) is 6.87. The van der Waals surface area contributed by atoms with Gasteiger partial charge in [-0.15, -0.1) is 0 Å². The fourth-order valence-corrected chi connectivity index (χ4v) is 3.19. The third-order valence-corrected chi connectivity index (χ3v) is 4.32. The lowest BCUT2D eigenvalue weighted by molar-refractivity contribution is -0.0482. The van der Waals surface area contributed by atoms with Crippen LogP contribution in [-0.2, 0) is 14.9 Å². The van der Waals surface area contributed by atoms with Gasteiger partial charge in [-0.05, 0) is 24.6 Å². The van der Waals surface area contributed by atoms with Crippen LogP contribution in [0.2, 0.25) is 5.02 Å². The Balaban J connectivity index is 3.20. The van der Waals surface area contributed by atoms with Crippen molar-refractivity contribution in [2.45, 2.75) is 18.2 Å². The first-order valence-electron chi connectivity index (χ1n) is 5.05. The number of hydrogen-bond donors (Lipinski definition) is 1. The maximum atomic E-state index is 12.2. The lowest BCUT2D eigenvalue weighted by atomic mass is 10.3. The Labute approximate surface area is 106 Å². The van der Waals surface area contributed by atoms with Crippen molar-refractivity contribution >= 4 is 27.3 Å². The molecule has 0 amide bonds. The number of hydroxylamine groups is 1. The van der Waals surface area contributed by atoms with Gasteiger partial charge in [0, 0.05) is 12.2 Å². The summed E-state index contributed by atoms with van der Waals surface area (Å²) in [6.07, 6.45) is 0.639. The summed E-state index contributed by atoms with van der Waals surface area (Å²) in [7, 11) is -2.43. The minimum Gasteiger partial charge on any atom is -0.399 e. The molecule has 0 spiro atoms. The van der Waals surface area contributed by atoms with Gasteiger partial charge in [-0.2, -0.15) is 0 Å². The summed E-state index contributed by atoms with van der Waals surface area (Å²) in [5, 5.41) is 0.0863. The highest BCUT2D eigenvalue weighted by Gasteiger charge is 2.26. The molecule has 0 aromatic heterocycles. The smallest absolute Gasteiger partial charge is 0.266 e. The Morgan fingerprint density at radius 2 is 2.12 bits per heavy atom. The molecule has 0 heterocycles. The number of rotatable bonds is 5. The molecule has 7 heteroatoms. The van der Waals surface area contributed by atoms with Crippen molar-refractivity contribution in [3.63, 3.8) is 0 Å². The number of nitrogen functional groups attached to an aromatic ring is 1. The Hall–Kier alpha value is -0.820.